The summed E-state index contributed by atoms with van der Waals surface area (Å²) in [6, 6.07) is 8.11. The van der Waals surface area contributed by atoms with E-state index in [1.54, 1.807) is 0 Å². The Labute approximate surface area is 361 Å². The first-order chi connectivity index (χ1) is 27.4. The van der Waals surface area contributed by atoms with Crippen LogP contribution < -0.4 is 26.2 Å². The Morgan fingerprint density at radius 2 is 1.19 bits per heavy atom. The van der Waals surface area contributed by atoms with Gasteiger partial charge in [-0.3, -0.25) is 8.42 Å². The van der Waals surface area contributed by atoms with Gasteiger partial charge in [-0.2, -0.15) is 9.97 Å². The van der Waals surface area contributed by atoms with Gasteiger partial charge in [0.2, 0.25) is 11.2 Å². The summed E-state index contributed by atoms with van der Waals surface area (Å²) < 4.78 is 35.3. The molecule has 0 radical (unpaired) electrons. The molecule has 15 nitrogen and oxygen atoms in total. The number of aryl methyl sites for hydroxylation is 2. The van der Waals surface area contributed by atoms with Gasteiger partial charge in [0, 0.05) is 42.5 Å². The van der Waals surface area contributed by atoms with Gasteiger partial charge in [-0.05, 0) is 102 Å². The SMILES string of the molecule is C.CC(C)(C)OC(=O)N[C@H]1CC1Nc1nc(Cl)nc2c1S(=O)CC2.CC(C)(C)OC(=O)N[C@H]1CC1Nc1nc(N2CCC(c3ccc(Cl)cc3)CC2)nc2c1S(=O)CC2. The highest BCUT2D eigenvalue weighted by molar-refractivity contribution is 7.85. The van der Waals surface area contributed by atoms with Crippen LogP contribution in [0.2, 0.25) is 10.3 Å². The van der Waals surface area contributed by atoms with Crippen molar-refractivity contribution < 1.29 is 27.5 Å². The monoisotopic (exact) mass is 891 g/mol. The average Bonchev–Trinajstić information content (AvgIpc) is 3.96. The first-order valence-electron chi connectivity index (χ1n) is 19.7. The first-order valence-corrected chi connectivity index (χ1v) is 23.0. The van der Waals surface area contributed by atoms with E-state index in [0.717, 1.165) is 55.2 Å². The molecule has 3 aromatic rings. The first kappa shape index (κ1) is 44.7. The molecule has 2 saturated carbocycles. The molecule has 3 fully saturated rings. The Morgan fingerprint density at radius 3 is 1.68 bits per heavy atom. The van der Waals surface area contributed by atoms with Gasteiger partial charge in [0.15, 0.2) is 0 Å². The number of carbonyl (C=O) groups excluding carboxylic acids is 2. The van der Waals surface area contributed by atoms with E-state index in [2.05, 4.69) is 48.3 Å². The van der Waals surface area contributed by atoms with Crippen molar-refractivity contribution in [1.29, 1.82) is 0 Å². The predicted octanol–water partition coefficient (Wildman–Crippen LogP) is 6.76. The summed E-state index contributed by atoms with van der Waals surface area (Å²) in [6.07, 6.45) is 4.02. The molecule has 3 aliphatic heterocycles. The van der Waals surface area contributed by atoms with E-state index in [1.807, 2.05) is 53.7 Å². The van der Waals surface area contributed by atoms with Crippen molar-refractivity contribution in [2.24, 2.45) is 0 Å². The minimum Gasteiger partial charge on any atom is -0.444 e. The summed E-state index contributed by atoms with van der Waals surface area (Å²) in [6.45, 7) is 12.7. The van der Waals surface area contributed by atoms with Gasteiger partial charge < -0.3 is 35.6 Å². The molecule has 2 aliphatic carbocycles. The van der Waals surface area contributed by atoms with Gasteiger partial charge in [-0.25, -0.2) is 19.6 Å². The van der Waals surface area contributed by atoms with E-state index >= 15 is 0 Å². The minimum absolute atomic E-state index is 0. The molecule has 59 heavy (non-hydrogen) atoms. The molecule has 2 aromatic heterocycles. The van der Waals surface area contributed by atoms with Gasteiger partial charge in [0.25, 0.3) is 0 Å². The Kier molecular flexibility index (Phi) is 13.7. The lowest BCUT2D eigenvalue weighted by Crippen LogP contribution is -2.36. The molecular formula is C40H55Cl2N9O6S2. The molecule has 1 aromatic carbocycles. The van der Waals surface area contributed by atoms with Crippen molar-refractivity contribution in [3.8, 4) is 0 Å². The lowest BCUT2D eigenvalue weighted by molar-refractivity contribution is 0.0511. The van der Waals surface area contributed by atoms with Crippen LogP contribution >= 0.6 is 23.2 Å². The number of hydrogen-bond acceptors (Lipinski definition) is 13. The maximum atomic E-state index is 12.7. The van der Waals surface area contributed by atoms with E-state index in [9.17, 15) is 18.0 Å². The summed E-state index contributed by atoms with van der Waals surface area (Å²) in [4.78, 5) is 45.3. The number of carbonyl (C=O) groups is 2. The maximum Gasteiger partial charge on any atom is 0.407 e. The van der Waals surface area contributed by atoms with Crippen molar-refractivity contribution >= 4 is 74.6 Å². The van der Waals surface area contributed by atoms with Crippen molar-refractivity contribution in [3.63, 3.8) is 0 Å². The van der Waals surface area contributed by atoms with Crippen molar-refractivity contribution in [3.05, 3.63) is 51.5 Å². The van der Waals surface area contributed by atoms with E-state index < -0.39 is 45.0 Å². The van der Waals surface area contributed by atoms with Crippen molar-refractivity contribution in [1.82, 2.24) is 30.6 Å². The molecule has 6 atom stereocenters. The zero-order valence-corrected chi connectivity index (χ0v) is 36.7. The van der Waals surface area contributed by atoms with Crippen LogP contribution in [-0.2, 0) is 43.9 Å². The third-order valence-corrected chi connectivity index (χ3v) is 13.4. The number of ether oxygens (including phenoxy) is 2. The van der Waals surface area contributed by atoms with Gasteiger partial charge in [-0.1, -0.05) is 31.2 Å². The summed E-state index contributed by atoms with van der Waals surface area (Å²) in [7, 11) is -2.21. The van der Waals surface area contributed by atoms with Crippen LogP contribution in [0.3, 0.4) is 0 Å². The molecule has 1 saturated heterocycles. The Hall–Kier alpha value is -3.80. The number of benzene rings is 1. The fourth-order valence-corrected chi connectivity index (χ4v) is 10.1. The summed E-state index contributed by atoms with van der Waals surface area (Å²) >= 11 is 12.0. The second-order valence-electron chi connectivity index (χ2n) is 17.2. The molecule has 5 heterocycles. The minimum atomic E-state index is -1.11. The number of piperidine rings is 1. The van der Waals surface area contributed by atoms with Gasteiger partial charge in [0.1, 0.15) is 32.6 Å². The molecule has 322 valence electrons. The number of anilines is 3. The van der Waals surface area contributed by atoms with Crippen molar-refractivity contribution in [2.45, 2.75) is 139 Å². The number of nitrogens with one attached hydrogen (secondary N) is 4. The standard InChI is InChI=1S/C25H32ClN5O3S.C14H19ClN4O3S.CH4/c1-25(2,3)34-24(32)29-20-14-19(20)27-22-21-18(10-13-35(21)33)28-23(30-22)31-11-8-16(9-12-31)15-4-6-17(26)7-5-15;1-14(2,3)22-13(20)18-9-6-8(9)16-11-10-7(4-5-23(10)21)17-12(15)19-11;/h4-7,16,19-20H,8-14H2,1-3H3,(H,29,32)(H,27,28,30);8-9H,4-6H2,1-3H3,(H,18,20)(H,16,17,19);1H4/t19?,20-,35?;8?,9-,23?;/m00./s1. The van der Waals surface area contributed by atoms with Crippen LogP contribution in [0.4, 0.5) is 27.2 Å². The molecule has 0 spiro atoms. The maximum absolute atomic E-state index is 12.7. The number of amides is 2. The topological polar surface area (TPSA) is 190 Å². The second-order valence-corrected chi connectivity index (χ2v) is 20.9. The number of hydrogen-bond donors (Lipinski definition) is 4. The van der Waals surface area contributed by atoms with Gasteiger partial charge in [-0.15, -0.1) is 0 Å². The van der Waals surface area contributed by atoms with Crippen LogP contribution in [0.5, 0.6) is 0 Å². The quantitative estimate of drug-likeness (QED) is 0.174. The van der Waals surface area contributed by atoms with E-state index in [1.165, 1.54) is 5.56 Å². The lowest BCUT2D eigenvalue weighted by Gasteiger charge is -2.32. The molecule has 4 N–H and O–H groups in total. The zero-order valence-electron chi connectivity index (χ0n) is 33.5. The van der Waals surface area contributed by atoms with Gasteiger partial charge >= 0.3 is 12.2 Å². The predicted molar refractivity (Wildman–Crippen MR) is 232 cm³/mol. The second kappa shape index (κ2) is 18.0. The molecule has 4 unspecified atom stereocenters. The Balaban J connectivity index is 0.000000212. The van der Waals surface area contributed by atoms with E-state index in [4.69, 9.17) is 42.6 Å². The molecule has 19 heteroatoms. The highest BCUT2D eigenvalue weighted by Crippen LogP contribution is 2.37. The number of halogens is 2. The zero-order chi connectivity index (χ0) is 41.5. The highest BCUT2D eigenvalue weighted by Gasteiger charge is 2.42. The van der Waals surface area contributed by atoms with Crippen molar-refractivity contribution in [2.75, 3.05) is 40.1 Å². The molecular weight excluding hydrogens is 838 g/mol. The Morgan fingerprint density at radius 1 is 0.712 bits per heavy atom. The van der Waals surface area contributed by atoms with Crippen LogP contribution in [-0.4, -0.2) is 101 Å². The Bertz CT molecular complexity index is 2090. The molecule has 5 aliphatic rings. The number of rotatable bonds is 8. The number of aromatic nitrogens is 4. The summed E-state index contributed by atoms with van der Waals surface area (Å²) in [5.74, 6) is 3.45. The summed E-state index contributed by atoms with van der Waals surface area (Å²) in [5, 5.41) is 13.2. The lowest BCUT2D eigenvalue weighted by atomic mass is 9.89. The highest BCUT2D eigenvalue weighted by atomic mass is 35.5. The smallest absolute Gasteiger partial charge is 0.407 e. The molecule has 0 bridgehead atoms. The third kappa shape index (κ3) is 11.7. The number of alkyl carbamates (subject to hydrolysis) is 2. The van der Waals surface area contributed by atoms with Crippen LogP contribution in [0.25, 0.3) is 0 Å². The fraction of sp³-hybridized carbons (Fsp3) is 0.600. The number of nitrogens with zero attached hydrogens (tertiary/aromatic N) is 5. The third-order valence-electron chi connectivity index (χ3n) is 10.1. The van der Waals surface area contributed by atoms with E-state index in [-0.39, 0.29) is 36.9 Å². The van der Waals surface area contributed by atoms with Gasteiger partial charge in [0.05, 0.1) is 57.2 Å². The average molecular weight is 893 g/mol. The summed E-state index contributed by atoms with van der Waals surface area (Å²) in [5.41, 5.74) is 1.86. The van der Waals surface area contributed by atoms with Crippen LogP contribution in [0, 0.1) is 0 Å². The number of fused-ring (bicyclic) bond motifs is 2. The fourth-order valence-electron chi connectivity index (χ4n) is 7.13. The molecule has 2 amide bonds. The normalized spacial score (nSPS) is 24.3. The largest absolute Gasteiger partial charge is 0.444 e. The van der Waals surface area contributed by atoms with Crippen LogP contribution in [0.15, 0.2) is 34.1 Å². The van der Waals surface area contributed by atoms with E-state index in [0.29, 0.717) is 57.6 Å². The van der Waals surface area contributed by atoms with Crippen LogP contribution in [0.1, 0.15) is 97.5 Å². The molecule has 8 rings (SSSR count).